The van der Waals surface area contributed by atoms with Crippen LogP contribution >= 0.6 is 0 Å². The lowest BCUT2D eigenvalue weighted by molar-refractivity contribution is 0.0731. The molecule has 5 heteroatoms. The molecule has 1 saturated carbocycles. The highest BCUT2D eigenvalue weighted by atomic mass is 16.3. The molecule has 1 aromatic carbocycles. The van der Waals surface area contributed by atoms with Crippen LogP contribution in [0, 0.1) is 6.92 Å². The number of rotatable bonds is 4. The predicted octanol–water partition coefficient (Wildman–Crippen LogP) is 3.21. The number of anilines is 1. The zero-order chi connectivity index (χ0) is 17.4. The molecule has 0 atom stereocenters. The van der Waals surface area contributed by atoms with E-state index in [-0.39, 0.29) is 6.10 Å². The Morgan fingerprint density at radius 2 is 2.00 bits per heavy atom. The molecule has 0 radical (unpaired) electrons. The molecule has 4 rings (SSSR count). The van der Waals surface area contributed by atoms with Gasteiger partial charge in [0.2, 0.25) is 0 Å². The van der Waals surface area contributed by atoms with Crippen molar-refractivity contribution in [2.45, 2.75) is 38.3 Å². The summed E-state index contributed by atoms with van der Waals surface area (Å²) >= 11 is 0. The summed E-state index contributed by atoms with van der Waals surface area (Å²) in [6.45, 7) is 2.68. The number of aliphatic hydroxyl groups excluding tert-OH is 1. The summed E-state index contributed by atoms with van der Waals surface area (Å²) in [6, 6.07) is 12.4. The van der Waals surface area contributed by atoms with Gasteiger partial charge < -0.3 is 10.0 Å². The minimum Gasteiger partial charge on any atom is -0.393 e. The summed E-state index contributed by atoms with van der Waals surface area (Å²) in [5.74, 6) is 2.05. The number of pyridine rings is 1. The Labute approximate surface area is 147 Å². The Balaban J connectivity index is 1.61. The highest BCUT2D eigenvalue weighted by molar-refractivity contribution is 5.82. The first-order valence-electron chi connectivity index (χ1n) is 8.67. The van der Waals surface area contributed by atoms with E-state index in [0.717, 1.165) is 42.2 Å². The number of nitrogens with zero attached hydrogens (tertiary/aromatic N) is 4. The molecule has 0 saturated heterocycles. The highest BCUT2D eigenvalue weighted by Crippen LogP contribution is 2.36. The van der Waals surface area contributed by atoms with Crippen molar-refractivity contribution in [2.24, 2.45) is 0 Å². The summed E-state index contributed by atoms with van der Waals surface area (Å²) in [5, 5.41) is 10.7. The number of hydrogen-bond donors (Lipinski definition) is 1. The third-order valence-electron chi connectivity index (χ3n) is 4.91. The van der Waals surface area contributed by atoms with Crippen LogP contribution < -0.4 is 4.90 Å². The van der Waals surface area contributed by atoms with Crippen molar-refractivity contribution >= 4 is 16.7 Å². The maximum atomic E-state index is 9.56. The van der Waals surface area contributed by atoms with Crippen LogP contribution in [0.4, 0.5) is 5.82 Å². The lowest BCUT2D eigenvalue weighted by Gasteiger charge is -2.31. The number of aromatic nitrogens is 3. The summed E-state index contributed by atoms with van der Waals surface area (Å²) in [7, 11) is 2.05. The maximum Gasteiger partial charge on any atom is 0.132 e. The zero-order valence-corrected chi connectivity index (χ0v) is 14.6. The van der Waals surface area contributed by atoms with Crippen molar-refractivity contribution in [3.05, 3.63) is 59.7 Å². The maximum absolute atomic E-state index is 9.56. The van der Waals surface area contributed by atoms with E-state index in [1.807, 2.05) is 31.3 Å². The van der Waals surface area contributed by atoms with Gasteiger partial charge in [-0.15, -0.1) is 0 Å². The Hall–Kier alpha value is -2.53. The van der Waals surface area contributed by atoms with Crippen molar-refractivity contribution in [1.82, 2.24) is 15.0 Å². The molecular weight excluding hydrogens is 312 g/mol. The summed E-state index contributed by atoms with van der Waals surface area (Å²) in [5.41, 5.74) is 3.28. The number of hydrogen-bond acceptors (Lipinski definition) is 5. The van der Waals surface area contributed by atoms with Crippen molar-refractivity contribution in [3.8, 4) is 0 Å². The molecule has 5 nitrogen and oxygen atoms in total. The number of benzene rings is 1. The Morgan fingerprint density at radius 3 is 2.80 bits per heavy atom. The molecule has 25 heavy (non-hydrogen) atoms. The van der Waals surface area contributed by atoms with Gasteiger partial charge in [0, 0.05) is 42.9 Å². The normalized spacial score (nSPS) is 19.6. The molecule has 128 valence electrons. The topological polar surface area (TPSA) is 62.1 Å². The van der Waals surface area contributed by atoms with Crippen LogP contribution in [0.5, 0.6) is 0 Å². The Bertz CT molecular complexity index is 900. The Kier molecular flexibility index (Phi) is 4.09. The van der Waals surface area contributed by atoms with Crippen LogP contribution in [-0.2, 0) is 6.54 Å². The van der Waals surface area contributed by atoms with Crippen LogP contribution in [0.2, 0.25) is 0 Å². The average molecular weight is 334 g/mol. The number of fused-ring (bicyclic) bond motifs is 1. The van der Waals surface area contributed by atoms with E-state index in [1.165, 1.54) is 10.9 Å². The molecule has 1 aliphatic rings. The second-order valence-corrected chi connectivity index (χ2v) is 6.86. The van der Waals surface area contributed by atoms with Gasteiger partial charge in [0.15, 0.2) is 0 Å². The lowest BCUT2D eigenvalue weighted by atomic mass is 9.80. The van der Waals surface area contributed by atoms with Gasteiger partial charge in [-0.3, -0.25) is 4.98 Å². The SMILES string of the molecule is Cc1nc(C2CC(O)C2)cc(N(C)Cc2cccc3ncccc23)n1. The molecule has 2 heterocycles. The summed E-state index contributed by atoms with van der Waals surface area (Å²) in [6.07, 6.45) is 3.25. The van der Waals surface area contributed by atoms with E-state index in [0.29, 0.717) is 5.92 Å². The van der Waals surface area contributed by atoms with Crippen LogP contribution in [-0.4, -0.2) is 33.2 Å². The molecule has 2 aromatic heterocycles. The molecule has 3 aromatic rings. The van der Waals surface area contributed by atoms with Gasteiger partial charge in [0.25, 0.3) is 0 Å². The minimum absolute atomic E-state index is 0.176. The van der Waals surface area contributed by atoms with Gasteiger partial charge in [-0.05, 0) is 37.5 Å². The molecule has 1 aliphatic carbocycles. The van der Waals surface area contributed by atoms with Crippen molar-refractivity contribution in [1.29, 1.82) is 0 Å². The molecule has 0 bridgehead atoms. The summed E-state index contributed by atoms with van der Waals surface area (Å²) in [4.78, 5) is 15.8. The van der Waals surface area contributed by atoms with Crippen LogP contribution in [0.3, 0.4) is 0 Å². The number of aliphatic hydroxyl groups is 1. The second kappa shape index (κ2) is 6.41. The third-order valence-corrected chi connectivity index (χ3v) is 4.91. The molecular formula is C20H22N4O. The van der Waals surface area contributed by atoms with Gasteiger partial charge in [0.05, 0.1) is 11.6 Å². The predicted molar refractivity (Wildman–Crippen MR) is 98.6 cm³/mol. The van der Waals surface area contributed by atoms with Gasteiger partial charge in [-0.25, -0.2) is 9.97 Å². The van der Waals surface area contributed by atoms with E-state index in [4.69, 9.17) is 0 Å². The first-order valence-corrected chi connectivity index (χ1v) is 8.67. The largest absolute Gasteiger partial charge is 0.393 e. The zero-order valence-electron chi connectivity index (χ0n) is 14.6. The average Bonchev–Trinajstić information content (AvgIpc) is 2.59. The lowest BCUT2D eigenvalue weighted by Crippen LogP contribution is -2.28. The van der Waals surface area contributed by atoms with Crippen molar-refractivity contribution in [3.63, 3.8) is 0 Å². The van der Waals surface area contributed by atoms with Crippen molar-refractivity contribution < 1.29 is 5.11 Å². The molecule has 1 N–H and O–H groups in total. The van der Waals surface area contributed by atoms with Crippen LogP contribution in [0.15, 0.2) is 42.6 Å². The monoisotopic (exact) mass is 334 g/mol. The Morgan fingerprint density at radius 1 is 1.16 bits per heavy atom. The van der Waals surface area contributed by atoms with E-state index in [9.17, 15) is 5.11 Å². The molecule has 0 amide bonds. The fourth-order valence-electron chi connectivity index (χ4n) is 3.45. The molecule has 0 aliphatic heterocycles. The molecule has 1 fully saturated rings. The second-order valence-electron chi connectivity index (χ2n) is 6.86. The quantitative estimate of drug-likeness (QED) is 0.794. The first-order chi connectivity index (χ1) is 12.1. The van der Waals surface area contributed by atoms with E-state index in [2.05, 4.69) is 45.1 Å². The molecule has 0 spiro atoms. The van der Waals surface area contributed by atoms with Gasteiger partial charge >= 0.3 is 0 Å². The minimum atomic E-state index is -0.176. The van der Waals surface area contributed by atoms with E-state index >= 15 is 0 Å². The standard InChI is InChI=1S/C20H22N4O/c1-13-22-19(15-9-16(25)10-15)11-20(23-13)24(2)12-14-5-3-7-18-17(14)6-4-8-21-18/h3-8,11,15-16,25H,9-10,12H2,1-2H3. The smallest absolute Gasteiger partial charge is 0.132 e. The fraction of sp³-hybridized carbons (Fsp3) is 0.350. The van der Waals surface area contributed by atoms with E-state index in [1.54, 1.807) is 0 Å². The number of aryl methyl sites for hydroxylation is 1. The van der Waals surface area contributed by atoms with Gasteiger partial charge in [-0.1, -0.05) is 18.2 Å². The highest BCUT2D eigenvalue weighted by Gasteiger charge is 2.30. The third kappa shape index (κ3) is 3.20. The van der Waals surface area contributed by atoms with Crippen LogP contribution in [0.1, 0.15) is 35.8 Å². The summed E-state index contributed by atoms with van der Waals surface area (Å²) < 4.78 is 0. The van der Waals surface area contributed by atoms with Crippen LogP contribution in [0.25, 0.3) is 10.9 Å². The molecule has 0 unspecified atom stereocenters. The van der Waals surface area contributed by atoms with Crippen molar-refractivity contribution in [2.75, 3.05) is 11.9 Å². The van der Waals surface area contributed by atoms with Gasteiger partial charge in [-0.2, -0.15) is 0 Å². The van der Waals surface area contributed by atoms with Gasteiger partial charge in [0.1, 0.15) is 11.6 Å². The van der Waals surface area contributed by atoms with E-state index < -0.39 is 0 Å². The fourth-order valence-corrected chi connectivity index (χ4v) is 3.45. The first kappa shape index (κ1) is 16.0.